The van der Waals surface area contributed by atoms with Crippen LogP contribution in [0.5, 0.6) is 0 Å². The molecule has 98 valence electrons. The lowest BCUT2D eigenvalue weighted by atomic mass is 9.84. The van der Waals surface area contributed by atoms with Crippen molar-refractivity contribution in [3.8, 4) is 0 Å². The number of carbonyl (C=O) groups excluding carboxylic acids is 1. The van der Waals surface area contributed by atoms with Gasteiger partial charge >= 0.3 is 0 Å². The maximum atomic E-state index is 13.4. The Morgan fingerprint density at radius 3 is 2.67 bits per heavy atom. The van der Waals surface area contributed by atoms with Gasteiger partial charge in [-0.1, -0.05) is 0 Å². The van der Waals surface area contributed by atoms with Crippen molar-refractivity contribution < 1.29 is 18.3 Å². The van der Waals surface area contributed by atoms with E-state index in [0.717, 1.165) is 18.2 Å². The Kier molecular flexibility index (Phi) is 3.73. The summed E-state index contributed by atoms with van der Waals surface area (Å²) < 4.78 is 31.6. The molecule has 3 nitrogen and oxygen atoms in total. The fourth-order valence-electron chi connectivity index (χ4n) is 2.04. The van der Waals surface area contributed by atoms with E-state index in [9.17, 15) is 13.6 Å². The normalized spacial score (nSPS) is 18.6. The average Bonchev–Trinajstić information content (AvgIpc) is 2.35. The predicted octanol–water partition coefficient (Wildman–Crippen LogP) is 1.58. The number of ketones is 1. The van der Waals surface area contributed by atoms with Gasteiger partial charge in [0.05, 0.1) is 5.54 Å². The number of ether oxygens (including phenoxy) is 1. The zero-order valence-corrected chi connectivity index (χ0v) is 9.92. The van der Waals surface area contributed by atoms with Crippen molar-refractivity contribution in [2.75, 3.05) is 13.2 Å². The van der Waals surface area contributed by atoms with Crippen LogP contribution in [0.2, 0.25) is 0 Å². The molecular weight excluding hydrogens is 240 g/mol. The Morgan fingerprint density at radius 1 is 1.33 bits per heavy atom. The van der Waals surface area contributed by atoms with E-state index in [1.54, 1.807) is 0 Å². The number of rotatable bonds is 3. The fourth-order valence-corrected chi connectivity index (χ4v) is 2.04. The second-order valence-corrected chi connectivity index (χ2v) is 4.60. The van der Waals surface area contributed by atoms with Crippen molar-refractivity contribution in [2.45, 2.75) is 24.8 Å². The van der Waals surface area contributed by atoms with Crippen LogP contribution in [0.3, 0.4) is 0 Å². The summed E-state index contributed by atoms with van der Waals surface area (Å²) in [5.74, 6) is -1.41. The van der Waals surface area contributed by atoms with E-state index in [2.05, 4.69) is 0 Å². The molecule has 18 heavy (non-hydrogen) atoms. The molecule has 1 heterocycles. The quantitative estimate of drug-likeness (QED) is 0.892. The van der Waals surface area contributed by atoms with E-state index in [1.807, 2.05) is 0 Å². The Bertz CT molecular complexity index is 456. The third-order valence-electron chi connectivity index (χ3n) is 3.30. The van der Waals surface area contributed by atoms with E-state index in [0.29, 0.717) is 26.1 Å². The van der Waals surface area contributed by atoms with E-state index in [4.69, 9.17) is 10.5 Å². The molecule has 1 aliphatic heterocycles. The number of hydrogen-bond donors (Lipinski definition) is 1. The summed E-state index contributed by atoms with van der Waals surface area (Å²) in [6.45, 7) is 0.849. The summed E-state index contributed by atoms with van der Waals surface area (Å²) in [6, 6.07) is 3.08. The molecule has 0 spiro atoms. The molecule has 0 aromatic heterocycles. The zero-order valence-electron chi connectivity index (χ0n) is 9.92. The molecule has 0 bridgehead atoms. The molecule has 0 unspecified atom stereocenters. The second kappa shape index (κ2) is 5.12. The van der Waals surface area contributed by atoms with Crippen molar-refractivity contribution in [3.05, 3.63) is 35.4 Å². The first kappa shape index (κ1) is 13.1. The SMILES string of the molecule is NC1(C(=O)Cc2cc(F)ccc2F)CCOCC1. The third-order valence-corrected chi connectivity index (χ3v) is 3.30. The molecule has 1 aromatic rings. The van der Waals surface area contributed by atoms with Crippen molar-refractivity contribution in [2.24, 2.45) is 5.73 Å². The van der Waals surface area contributed by atoms with E-state index in [1.165, 1.54) is 0 Å². The molecule has 0 amide bonds. The van der Waals surface area contributed by atoms with Gasteiger partial charge in [-0.15, -0.1) is 0 Å². The first-order valence-electron chi connectivity index (χ1n) is 5.85. The van der Waals surface area contributed by atoms with Crippen LogP contribution in [-0.4, -0.2) is 24.5 Å². The molecule has 1 fully saturated rings. The highest BCUT2D eigenvalue weighted by Gasteiger charge is 2.35. The molecule has 0 atom stereocenters. The summed E-state index contributed by atoms with van der Waals surface area (Å²) in [5.41, 5.74) is 5.07. The molecule has 2 rings (SSSR count). The molecule has 5 heteroatoms. The highest BCUT2D eigenvalue weighted by atomic mass is 19.1. The van der Waals surface area contributed by atoms with Gasteiger partial charge in [0.25, 0.3) is 0 Å². The maximum Gasteiger partial charge on any atom is 0.157 e. The van der Waals surface area contributed by atoms with Crippen LogP contribution in [0.4, 0.5) is 8.78 Å². The monoisotopic (exact) mass is 255 g/mol. The first-order chi connectivity index (χ1) is 8.51. The molecule has 2 N–H and O–H groups in total. The van der Waals surface area contributed by atoms with Crippen molar-refractivity contribution in [1.82, 2.24) is 0 Å². The minimum atomic E-state index is -0.975. The third kappa shape index (κ3) is 2.73. The van der Waals surface area contributed by atoms with Crippen LogP contribution in [0, 0.1) is 11.6 Å². The highest BCUT2D eigenvalue weighted by Crippen LogP contribution is 2.21. The minimum absolute atomic E-state index is 0.0521. The first-order valence-corrected chi connectivity index (χ1v) is 5.85. The summed E-state index contributed by atoms with van der Waals surface area (Å²) in [4.78, 5) is 12.1. The maximum absolute atomic E-state index is 13.4. The van der Waals surface area contributed by atoms with Gasteiger partial charge in [0.1, 0.15) is 11.6 Å². The number of nitrogens with two attached hydrogens (primary N) is 1. The fraction of sp³-hybridized carbons (Fsp3) is 0.462. The van der Waals surface area contributed by atoms with Gasteiger partial charge in [0.15, 0.2) is 5.78 Å². The van der Waals surface area contributed by atoms with Crippen LogP contribution in [0.25, 0.3) is 0 Å². The summed E-state index contributed by atoms with van der Waals surface area (Å²) in [7, 11) is 0. The van der Waals surface area contributed by atoms with Gasteiger partial charge in [0, 0.05) is 19.6 Å². The van der Waals surface area contributed by atoms with Gasteiger partial charge < -0.3 is 10.5 Å². The predicted molar refractivity (Wildman–Crippen MR) is 62.0 cm³/mol. The van der Waals surface area contributed by atoms with Crippen LogP contribution in [0.1, 0.15) is 18.4 Å². The van der Waals surface area contributed by atoms with Gasteiger partial charge in [-0.3, -0.25) is 4.79 Å². The molecule has 0 aliphatic carbocycles. The summed E-state index contributed by atoms with van der Waals surface area (Å²) in [5, 5.41) is 0. The van der Waals surface area contributed by atoms with Crippen LogP contribution < -0.4 is 5.73 Å². The number of benzene rings is 1. The van der Waals surface area contributed by atoms with Gasteiger partial charge in [0.2, 0.25) is 0 Å². The summed E-state index contributed by atoms with van der Waals surface area (Å²) in [6.07, 6.45) is 0.658. The molecule has 0 saturated carbocycles. The molecule has 0 radical (unpaired) electrons. The summed E-state index contributed by atoms with van der Waals surface area (Å²) >= 11 is 0. The largest absolute Gasteiger partial charge is 0.381 e. The number of halogens is 2. The standard InChI is InChI=1S/C13H15F2NO2/c14-10-1-2-11(15)9(7-10)8-12(17)13(16)3-5-18-6-4-13/h1-2,7H,3-6,8,16H2. The molecule has 1 aromatic carbocycles. The average molecular weight is 255 g/mol. The van der Waals surface area contributed by atoms with E-state index in [-0.39, 0.29) is 17.8 Å². The van der Waals surface area contributed by atoms with E-state index >= 15 is 0 Å². The number of carbonyl (C=O) groups is 1. The van der Waals surface area contributed by atoms with Crippen LogP contribution >= 0.6 is 0 Å². The zero-order chi connectivity index (χ0) is 13.2. The van der Waals surface area contributed by atoms with Crippen LogP contribution in [-0.2, 0) is 16.0 Å². The van der Waals surface area contributed by atoms with Crippen molar-refractivity contribution >= 4 is 5.78 Å². The van der Waals surface area contributed by atoms with Crippen LogP contribution in [0.15, 0.2) is 18.2 Å². The molecular formula is C13H15F2NO2. The van der Waals surface area contributed by atoms with Gasteiger partial charge in [-0.05, 0) is 36.6 Å². The number of Topliss-reactive ketones (excluding diaryl/α,β-unsaturated/α-hetero) is 1. The minimum Gasteiger partial charge on any atom is -0.381 e. The Hall–Kier alpha value is -1.33. The highest BCUT2D eigenvalue weighted by molar-refractivity contribution is 5.90. The van der Waals surface area contributed by atoms with Gasteiger partial charge in [-0.2, -0.15) is 0 Å². The topological polar surface area (TPSA) is 52.3 Å². The molecule has 1 aliphatic rings. The van der Waals surface area contributed by atoms with E-state index < -0.39 is 17.2 Å². The smallest absolute Gasteiger partial charge is 0.157 e. The van der Waals surface area contributed by atoms with Crippen molar-refractivity contribution in [3.63, 3.8) is 0 Å². The van der Waals surface area contributed by atoms with Gasteiger partial charge in [-0.25, -0.2) is 8.78 Å². The van der Waals surface area contributed by atoms with Crippen molar-refractivity contribution in [1.29, 1.82) is 0 Å². The Morgan fingerprint density at radius 2 is 2.00 bits per heavy atom. The second-order valence-electron chi connectivity index (χ2n) is 4.60. The Balaban J connectivity index is 2.13. The lowest BCUT2D eigenvalue weighted by Gasteiger charge is -2.31. The lowest BCUT2D eigenvalue weighted by Crippen LogP contribution is -2.52. The lowest BCUT2D eigenvalue weighted by molar-refractivity contribution is -0.126. The Labute approximate surface area is 104 Å². The molecule has 1 saturated heterocycles. The number of hydrogen-bond acceptors (Lipinski definition) is 3.